The fourth-order valence-electron chi connectivity index (χ4n) is 1.34. The molecule has 1 aromatic carbocycles. The summed E-state index contributed by atoms with van der Waals surface area (Å²) in [6.45, 7) is 1.40. The quantitative estimate of drug-likeness (QED) is 0.813. The van der Waals surface area contributed by atoms with Crippen molar-refractivity contribution >= 4 is 35.6 Å². The highest BCUT2D eigenvalue weighted by Gasteiger charge is 2.09. The van der Waals surface area contributed by atoms with Crippen LogP contribution in [0.15, 0.2) is 18.2 Å². The fourth-order valence-corrected chi connectivity index (χ4v) is 1.34. The summed E-state index contributed by atoms with van der Waals surface area (Å²) in [5.74, 6) is 0.102. The van der Waals surface area contributed by atoms with Gasteiger partial charge < -0.3 is 20.7 Å². The number of nitrogens with two attached hydrogens (primary N) is 1. The molecule has 0 radical (unpaired) electrons. The third-order valence-corrected chi connectivity index (χ3v) is 2.43. The Labute approximate surface area is 118 Å². The molecule has 6 nitrogen and oxygen atoms in total. The van der Waals surface area contributed by atoms with Gasteiger partial charge in [0.2, 0.25) is 11.8 Å². The van der Waals surface area contributed by atoms with Crippen LogP contribution in [0.1, 0.15) is 6.92 Å². The topological polar surface area (TPSA) is 84.7 Å². The Kier molecular flexibility index (Phi) is 6.71. The first-order chi connectivity index (χ1) is 8.43. The number of hydrogen-bond acceptors (Lipinski definition) is 4. The van der Waals surface area contributed by atoms with Crippen LogP contribution in [0, 0.1) is 0 Å². The maximum atomic E-state index is 11.6. The predicted molar refractivity (Wildman–Crippen MR) is 76.6 cm³/mol. The first kappa shape index (κ1) is 17.1. The molecule has 0 saturated carbocycles. The van der Waals surface area contributed by atoms with E-state index in [1.54, 1.807) is 25.2 Å². The number of anilines is 2. The molecule has 1 rings (SSSR count). The van der Waals surface area contributed by atoms with Crippen LogP contribution in [0.3, 0.4) is 0 Å². The summed E-state index contributed by atoms with van der Waals surface area (Å²) in [5, 5.41) is 2.65. The lowest BCUT2D eigenvalue weighted by Crippen LogP contribution is -2.33. The Morgan fingerprint density at radius 2 is 2.05 bits per heavy atom. The highest BCUT2D eigenvalue weighted by Crippen LogP contribution is 2.24. The Morgan fingerprint density at radius 1 is 1.42 bits per heavy atom. The summed E-state index contributed by atoms with van der Waals surface area (Å²) in [6, 6.07) is 4.95. The normalized spacial score (nSPS) is 9.21. The molecule has 2 amide bonds. The van der Waals surface area contributed by atoms with Crippen molar-refractivity contribution < 1.29 is 14.3 Å². The molecule has 7 heteroatoms. The zero-order chi connectivity index (χ0) is 13.7. The van der Waals surface area contributed by atoms with Gasteiger partial charge in [-0.3, -0.25) is 9.59 Å². The van der Waals surface area contributed by atoms with Crippen LogP contribution in [0.2, 0.25) is 0 Å². The lowest BCUT2D eigenvalue weighted by atomic mass is 10.2. The maximum Gasteiger partial charge on any atom is 0.243 e. The summed E-state index contributed by atoms with van der Waals surface area (Å²) >= 11 is 0. The number of rotatable bonds is 4. The second-order valence-corrected chi connectivity index (χ2v) is 3.88. The van der Waals surface area contributed by atoms with Gasteiger partial charge >= 0.3 is 0 Å². The van der Waals surface area contributed by atoms with Crippen LogP contribution < -0.4 is 15.8 Å². The van der Waals surface area contributed by atoms with Gasteiger partial charge in [-0.1, -0.05) is 0 Å². The average Bonchev–Trinajstić information content (AvgIpc) is 2.28. The molecule has 0 aromatic heterocycles. The molecule has 0 spiro atoms. The number of nitrogens with one attached hydrogen (secondary N) is 1. The molecule has 3 N–H and O–H groups in total. The van der Waals surface area contributed by atoms with Crippen LogP contribution in [-0.2, 0) is 9.59 Å². The first-order valence-corrected chi connectivity index (χ1v) is 5.39. The Balaban J connectivity index is 0.00000324. The SMILES string of the molecule is COc1ccc(NC(=O)CN(C)C(C)=O)cc1N.Cl. The van der Waals surface area contributed by atoms with Gasteiger partial charge in [0.15, 0.2) is 0 Å². The number of carbonyl (C=O) groups is 2. The van der Waals surface area contributed by atoms with Crippen molar-refractivity contribution in [2.75, 3.05) is 31.8 Å². The van der Waals surface area contributed by atoms with Gasteiger partial charge in [-0.05, 0) is 18.2 Å². The van der Waals surface area contributed by atoms with E-state index in [1.807, 2.05) is 0 Å². The van der Waals surface area contributed by atoms with Crippen molar-refractivity contribution in [1.29, 1.82) is 0 Å². The average molecular weight is 288 g/mol. The number of likely N-dealkylation sites (N-methyl/N-ethyl adjacent to an activating group) is 1. The Bertz CT molecular complexity index is 466. The highest BCUT2D eigenvalue weighted by molar-refractivity contribution is 5.94. The van der Waals surface area contributed by atoms with Crippen LogP contribution in [0.4, 0.5) is 11.4 Å². The molecule has 0 aliphatic heterocycles. The van der Waals surface area contributed by atoms with Crippen molar-refractivity contribution in [3.05, 3.63) is 18.2 Å². The van der Waals surface area contributed by atoms with Gasteiger partial charge in [-0.2, -0.15) is 0 Å². The molecule has 0 aliphatic carbocycles. The summed E-state index contributed by atoms with van der Waals surface area (Å²) in [4.78, 5) is 23.9. The van der Waals surface area contributed by atoms with Gasteiger partial charge in [0, 0.05) is 19.7 Å². The number of benzene rings is 1. The van der Waals surface area contributed by atoms with Gasteiger partial charge in [0.1, 0.15) is 5.75 Å². The molecule has 0 bridgehead atoms. The number of hydrogen-bond donors (Lipinski definition) is 2. The number of carbonyl (C=O) groups excluding carboxylic acids is 2. The van der Waals surface area contributed by atoms with Crippen LogP contribution in [0.25, 0.3) is 0 Å². The van der Waals surface area contributed by atoms with Gasteiger partial charge in [-0.25, -0.2) is 0 Å². The summed E-state index contributed by atoms with van der Waals surface area (Å²) in [7, 11) is 3.08. The zero-order valence-electron chi connectivity index (χ0n) is 11.1. The Morgan fingerprint density at radius 3 is 2.53 bits per heavy atom. The Hall–Kier alpha value is -1.95. The standard InChI is InChI=1S/C12H17N3O3.ClH/c1-8(16)15(2)7-12(17)14-9-4-5-11(18-3)10(13)6-9;/h4-6H,7,13H2,1-3H3,(H,14,17);1H. The smallest absolute Gasteiger partial charge is 0.243 e. The predicted octanol–water partition coefficient (Wildman–Crippen LogP) is 1.12. The molecule has 19 heavy (non-hydrogen) atoms. The molecule has 1 aromatic rings. The second kappa shape index (κ2) is 7.48. The molecule has 106 valence electrons. The van der Waals surface area contributed by atoms with E-state index >= 15 is 0 Å². The van der Waals surface area contributed by atoms with Crippen molar-refractivity contribution in [3.8, 4) is 5.75 Å². The summed E-state index contributed by atoms with van der Waals surface area (Å²) in [6.07, 6.45) is 0. The van der Waals surface area contributed by atoms with E-state index in [9.17, 15) is 9.59 Å². The van der Waals surface area contributed by atoms with E-state index in [0.717, 1.165) is 0 Å². The fraction of sp³-hybridized carbons (Fsp3) is 0.333. The van der Waals surface area contributed by atoms with Gasteiger partial charge in [0.05, 0.1) is 19.3 Å². The number of methoxy groups -OCH3 is 1. The number of amides is 2. The zero-order valence-corrected chi connectivity index (χ0v) is 11.9. The third kappa shape index (κ3) is 5.05. The molecule has 0 unspecified atom stereocenters. The molecule has 0 heterocycles. The molecular formula is C12H18ClN3O3. The van der Waals surface area contributed by atoms with Crippen LogP contribution >= 0.6 is 12.4 Å². The van der Waals surface area contributed by atoms with Crippen molar-refractivity contribution in [1.82, 2.24) is 4.90 Å². The lowest BCUT2D eigenvalue weighted by molar-refractivity contribution is -0.131. The minimum Gasteiger partial charge on any atom is -0.495 e. The number of halogens is 1. The lowest BCUT2D eigenvalue weighted by Gasteiger charge is -2.14. The third-order valence-electron chi connectivity index (χ3n) is 2.43. The highest BCUT2D eigenvalue weighted by atomic mass is 35.5. The maximum absolute atomic E-state index is 11.6. The van der Waals surface area contributed by atoms with E-state index in [4.69, 9.17) is 10.5 Å². The van der Waals surface area contributed by atoms with E-state index in [0.29, 0.717) is 17.1 Å². The summed E-state index contributed by atoms with van der Waals surface area (Å²) < 4.78 is 5.01. The van der Waals surface area contributed by atoms with Crippen molar-refractivity contribution in [2.45, 2.75) is 6.92 Å². The second-order valence-electron chi connectivity index (χ2n) is 3.88. The largest absolute Gasteiger partial charge is 0.495 e. The number of ether oxygens (including phenoxy) is 1. The molecule has 0 aliphatic rings. The van der Waals surface area contributed by atoms with Crippen molar-refractivity contribution in [2.24, 2.45) is 0 Å². The van der Waals surface area contributed by atoms with Gasteiger partial charge in [0.25, 0.3) is 0 Å². The molecule has 0 saturated heterocycles. The number of nitrogen functional groups attached to an aromatic ring is 1. The first-order valence-electron chi connectivity index (χ1n) is 5.39. The monoisotopic (exact) mass is 287 g/mol. The van der Waals surface area contributed by atoms with Crippen LogP contribution in [-0.4, -0.2) is 37.4 Å². The van der Waals surface area contributed by atoms with E-state index in [1.165, 1.54) is 18.9 Å². The van der Waals surface area contributed by atoms with Gasteiger partial charge in [-0.15, -0.1) is 12.4 Å². The summed E-state index contributed by atoms with van der Waals surface area (Å²) in [5.41, 5.74) is 6.72. The number of nitrogens with zero attached hydrogens (tertiary/aromatic N) is 1. The van der Waals surface area contributed by atoms with E-state index in [-0.39, 0.29) is 30.8 Å². The minimum absolute atomic E-state index is 0. The molecular weight excluding hydrogens is 270 g/mol. The van der Waals surface area contributed by atoms with E-state index in [2.05, 4.69) is 5.32 Å². The van der Waals surface area contributed by atoms with Crippen molar-refractivity contribution in [3.63, 3.8) is 0 Å². The molecule has 0 fully saturated rings. The van der Waals surface area contributed by atoms with Crippen LogP contribution in [0.5, 0.6) is 5.75 Å². The molecule has 0 atom stereocenters. The minimum atomic E-state index is -0.280. The van der Waals surface area contributed by atoms with E-state index < -0.39 is 0 Å².